The second kappa shape index (κ2) is 5.45. The van der Waals surface area contributed by atoms with Crippen LogP contribution in [0.15, 0.2) is 6.33 Å². The molecule has 0 aliphatic carbocycles. The summed E-state index contributed by atoms with van der Waals surface area (Å²) in [4.78, 5) is 8.79. The lowest BCUT2D eigenvalue weighted by atomic mass is 10.0. The topological polar surface area (TPSA) is 35.0 Å². The van der Waals surface area contributed by atoms with Gasteiger partial charge in [0.1, 0.15) is 6.33 Å². The van der Waals surface area contributed by atoms with Crippen LogP contribution in [0.2, 0.25) is 0 Å². The van der Waals surface area contributed by atoms with Crippen LogP contribution in [-0.2, 0) is 6.42 Å². The fraction of sp³-hybridized carbons (Fsp3) is 0.636. The van der Waals surface area contributed by atoms with E-state index >= 15 is 0 Å². The summed E-state index contributed by atoms with van der Waals surface area (Å²) in [7, 11) is 1.63. The summed E-state index contributed by atoms with van der Waals surface area (Å²) in [6.45, 7) is 6.37. The molecule has 84 valence electrons. The van der Waals surface area contributed by atoms with Gasteiger partial charge in [-0.15, -0.1) is 0 Å². The van der Waals surface area contributed by atoms with Crippen molar-refractivity contribution in [3.63, 3.8) is 0 Å². The third kappa shape index (κ3) is 3.16. The van der Waals surface area contributed by atoms with E-state index in [4.69, 9.17) is 4.74 Å². The molecule has 4 heteroatoms. The molecule has 0 bridgehead atoms. The highest BCUT2D eigenvalue weighted by atomic mass is 79.9. The molecule has 3 nitrogen and oxygen atoms in total. The minimum absolute atomic E-state index is 0.441. The fourth-order valence-electron chi connectivity index (χ4n) is 1.30. The summed E-state index contributed by atoms with van der Waals surface area (Å²) in [5.74, 6) is 1.26. The smallest absolute Gasteiger partial charge is 0.219 e. The van der Waals surface area contributed by atoms with Crippen molar-refractivity contribution >= 4 is 15.9 Å². The van der Waals surface area contributed by atoms with Crippen LogP contribution in [0.1, 0.15) is 25.1 Å². The van der Waals surface area contributed by atoms with E-state index in [1.54, 1.807) is 13.4 Å². The maximum Gasteiger partial charge on any atom is 0.219 e. The number of rotatable bonds is 4. The highest BCUT2D eigenvalue weighted by Crippen LogP contribution is 2.22. The molecule has 0 amide bonds. The summed E-state index contributed by atoms with van der Waals surface area (Å²) >= 11 is 3.66. The molecule has 0 aromatic carbocycles. The van der Waals surface area contributed by atoms with E-state index in [1.165, 1.54) is 0 Å². The number of methoxy groups -OCH3 is 1. The third-order valence-corrected chi connectivity index (χ3v) is 3.83. The van der Waals surface area contributed by atoms with Gasteiger partial charge in [0.2, 0.25) is 5.88 Å². The van der Waals surface area contributed by atoms with Gasteiger partial charge in [0, 0.05) is 16.8 Å². The van der Waals surface area contributed by atoms with Gasteiger partial charge in [-0.2, -0.15) is 0 Å². The Bertz CT molecular complexity index is 328. The van der Waals surface area contributed by atoms with E-state index < -0.39 is 0 Å². The molecule has 1 unspecified atom stereocenters. The van der Waals surface area contributed by atoms with Crippen molar-refractivity contribution in [3.8, 4) is 5.88 Å². The number of ether oxygens (including phenoxy) is 1. The normalized spacial score (nSPS) is 12.9. The van der Waals surface area contributed by atoms with Crippen LogP contribution in [0.5, 0.6) is 5.88 Å². The zero-order chi connectivity index (χ0) is 11.4. The van der Waals surface area contributed by atoms with Gasteiger partial charge in [-0.3, -0.25) is 0 Å². The monoisotopic (exact) mass is 272 g/mol. The maximum absolute atomic E-state index is 5.16. The third-order valence-electron chi connectivity index (χ3n) is 2.45. The standard InChI is InChI=1S/C11H17BrN2O/c1-7(2)9(12)5-10-8(3)11(15-4)14-6-13-10/h6-7,9H,5H2,1-4H3. The predicted octanol–water partition coefficient (Wildman–Crippen LogP) is 2.76. The molecule has 15 heavy (non-hydrogen) atoms. The van der Waals surface area contributed by atoms with Crippen molar-refractivity contribution in [2.75, 3.05) is 7.11 Å². The SMILES string of the molecule is COc1ncnc(CC(Br)C(C)C)c1C. The summed E-state index contributed by atoms with van der Waals surface area (Å²) in [6, 6.07) is 0. The molecule has 1 rings (SSSR count). The Morgan fingerprint density at radius 1 is 1.40 bits per heavy atom. The highest BCUT2D eigenvalue weighted by Gasteiger charge is 2.14. The average molecular weight is 273 g/mol. The van der Waals surface area contributed by atoms with Crippen molar-refractivity contribution in [2.45, 2.75) is 32.0 Å². The molecular formula is C11H17BrN2O. The Hall–Kier alpha value is -0.640. The Morgan fingerprint density at radius 2 is 2.07 bits per heavy atom. The van der Waals surface area contributed by atoms with Crippen molar-refractivity contribution < 1.29 is 4.74 Å². The van der Waals surface area contributed by atoms with E-state index in [2.05, 4.69) is 39.7 Å². The van der Waals surface area contributed by atoms with E-state index in [-0.39, 0.29) is 0 Å². The van der Waals surface area contributed by atoms with E-state index in [1.807, 2.05) is 6.92 Å². The molecule has 0 saturated carbocycles. The summed E-state index contributed by atoms with van der Waals surface area (Å²) < 4.78 is 5.16. The fourth-order valence-corrected chi connectivity index (χ4v) is 1.61. The average Bonchev–Trinajstić information content (AvgIpc) is 2.21. The van der Waals surface area contributed by atoms with E-state index in [0.29, 0.717) is 16.6 Å². The number of halogens is 1. The Balaban J connectivity index is 2.86. The lowest BCUT2D eigenvalue weighted by molar-refractivity contribution is 0.392. The number of hydrogen-bond acceptors (Lipinski definition) is 3. The molecule has 0 spiro atoms. The minimum Gasteiger partial charge on any atom is -0.481 e. The molecule has 0 N–H and O–H groups in total. The molecule has 0 fully saturated rings. The van der Waals surface area contributed by atoms with Gasteiger partial charge in [-0.05, 0) is 12.8 Å². The molecule has 1 aromatic rings. The molecule has 1 aromatic heterocycles. The largest absolute Gasteiger partial charge is 0.481 e. The Morgan fingerprint density at radius 3 is 2.60 bits per heavy atom. The Labute approximate surface area is 99.4 Å². The zero-order valence-electron chi connectivity index (χ0n) is 9.62. The highest BCUT2D eigenvalue weighted by molar-refractivity contribution is 9.09. The molecule has 0 saturated heterocycles. The number of alkyl halides is 1. The lowest BCUT2D eigenvalue weighted by Crippen LogP contribution is -2.13. The quantitative estimate of drug-likeness (QED) is 0.791. The molecular weight excluding hydrogens is 256 g/mol. The van der Waals surface area contributed by atoms with E-state index in [9.17, 15) is 0 Å². The molecule has 0 aliphatic heterocycles. The first-order valence-electron chi connectivity index (χ1n) is 5.04. The second-order valence-corrected chi connectivity index (χ2v) is 5.09. The van der Waals surface area contributed by atoms with Gasteiger partial charge in [-0.25, -0.2) is 9.97 Å². The van der Waals surface area contributed by atoms with Crippen molar-refractivity contribution in [1.82, 2.24) is 9.97 Å². The first-order valence-corrected chi connectivity index (χ1v) is 5.96. The molecule has 1 heterocycles. The van der Waals surface area contributed by atoms with Gasteiger partial charge in [0.15, 0.2) is 0 Å². The summed E-state index contributed by atoms with van der Waals surface area (Å²) in [6.07, 6.45) is 2.46. The second-order valence-electron chi connectivity index (χ2n) is 3.92. The summed E-state index contributed by atoms with van der Waals surface area (Å²) in [5, 5.41) is 0. The van der Waals surface area contributed by atoms with Crippen LogP contribution in [0.4, 0.5) is 0 Å². The molecule has 1 atom stereocenters. The number of hydrogen-bond donors (Lipinski definition) is 0. The first kappa shape index (κ1) is 12.4. The van der Waals surface area contributed by atoms with Crippen LogP contribution >= 0.6 is 15.9 Å². The number of aromatic nitrogens is 2. The lowest BCUT2D eigenvalue weighted by Gasteiger charge is -2.15. The van der Waals surface area contributed by atoms with Gasteiger partial charge in [0.25, 0.3) is 0 Å². The van der Waals surface area contributed by atoms with Crippen LogP contribution < -0.4 is 4.74 Å². The minimum atomic E-state index is 0.441. The van der Waals surface area contributed by atoms with E-state index in [0.717, 1.165) is 17.7 Å². The van der Waals surface area contributed by atoms with Gasteiger partial charge >= 0.3 is 0 Å². The molecule has 0 radical (unpaired) electrons. The zero-order valence-corrected chi connectivity index (χ0v) is 11.2. The number of nitrogens with zero attached hydrogens (tertiary/aromatic N) is 2. The van der Waals surface area contributed by atoms with Gasteiger partial charge < -0.3 is 4.74 Å². The van der Waals surface area contributed by atoms with Crippen LogP contribution in [0, 0.1) is 12.8 Å². The van der Waals surface area contributed by atoms with Gasteiger partial charge in [0.05, 0.1) is 12.8 Å². The van der Waals surface area contributed by atoms with Crippen molar-refractivity contribution in [2.24, 2.45) is 5.92 Å². The Kier molecular flexibility index (Phi) is 4.51. The first-order chi connectivity index (χ1) is 7.06. The maximum atomic E-state index is 5.16. The van der Waals surface area contributed by atoms with Crippen molar-refractivity contribution in [1.29, 1.82) is 0 Å². The van der Waals surface area contributed by atoms with Crippen LogP contribution in [-0.4, -0.2) is 21.9 Å². The summed E-state index contributed by atoms with van der Waals surface area (Å²) in [5.41, 5.74) is 2.09. The molecule has 0 aliphatic rings. The van der Waals surface area contributed by atoms with Crippen LogP contribution in [0.25, 0.3) is 0 Å². The van der Waals surface area contributed by atoms with Gasteiger partial charge in [-0.1, -0.05) is 29.8 Å². The van der Waals surface area contributed by atoms with Crippen LogP contribution in [0.3, 0.4) is 0 Å². The van der Waals surface area contributed by atoms with Crippen molar-refractivity contribution in [3.05, 3.63) is 17.6 Å². The predicted molar refractivity (Wildman–Crippen MR) is 64.6 cm³/mol.